The molecule has 1 N–H and O–H groups in total. The second-order valence-electron chi connectivity index (χ2n) is 7.24. The highest BCUT2D eigenvalue weighted by atomic mass is 32.2. The van der Waals surface area contributed by atoms with Crippen LogP contribution in [0.25, 0.3) is 10.9 Å². The number of anilines is 1. The Morgan fingerprint density at radius 1 is 1.10 bits per heavy atom. The van der Waals surface area contributed by atoms with Gasteiger partial charge in [0.25, 0.3) is 0 Å². The minimum atomic E-state index is -3.71. The van der Waals surface area contributed by atoms with E-state index < -0.39 is 10.0 Å². The van der Waals surface area contributed by atoms with Gasteiger partial charge in [-0.3, -0.25) is 4.98 Å². The van der Waals surface area contributed by atoms with Crippen molar-refractivity contribution in [2.45, 2.75) is 31.1 Å². The number of para-hydroxylation sites is 1. The van der Waals surface area contributed by atoms with Gasteiger partial charge in [0.1, 0.15) is 23.1 Å². The fourth-order valence-corrected chi connectivity index (χ4v) is 4.78. The van der Waals surface area contributed by atoms with Crippen LogP contribution in [-0.4, -0.2) is 49.6 Å². The summed E-state index contributed by atoms with van der Waals surface area (Å²) in [4.78, 5) is 15.4. The topological polar surface area (TPSA) is 97.3 Å². The molecule has 0 radical (unpaired) electrons. The molecule has 9 heteroatoms. The lowest BCUT2D eigenvalue weighted by Gasteiger charge is -2.28. The smallest absolute Gasteiger partial charge is 0.242 e. The van der Waals surface area contributed by atoms with Gasteiger partial charge in [-0.1, -0.05) is 18.2 Å². The summed E-state index contributed by atoms with van der Waals surface area (Å²) in [5.74, 6) is 1.95. The van der Waals surface area contributed by atoms with Crippen molar-refractivity contribution in [1.82, 2.24) is 19.7 Å². The first-order valence-corrected chi connectivity index (χ1v) is 11.6. The average molecular weight is 428 g/mol. The zero-order valence-electron chi connectivity index (χ0n) is 16.9. The number of fused-ring (bicyclic) bond motifs is 1. The molecule has 1 aliphatic rings. The molecule has 2 aromatic heterocycles. The van der Waals surface area contributed by atoms with Crippen LogP contribution in [0.5, 0.6) is 5.88 Å². The van der Waals surface area contributed by atoms with Crippen LogP contribution in [0.2, 0.25) is 0 Å². The van der Waals surface area contributed by atoms with Gasteiger partial charge in [-0.05, 0) is 38.3 Å². The summed E-state index contributed by atoms with van der Waals surface area (Å²) in [5, 5.41) is 0.776. The van der Waals surface area contributed by atoms with E-state index >= 15 is 0 Å². The molecule has 0 unspecified atom stereocenters. The summed E-state index contributed by atoms with van der Waals surface area (Å²) in [6.07, 6.45) is 5.15. The first-order valence-electron chi connectivity index (χ1n) is 10.1. The minimum Gasteiger partial charge on any atom is -0.476 e. The van der Waals surface area contributed by atoms with Crippen molar-refractivity contribution in [2.24, 2.45) is 0 Å². The molecule has 8 nitrogen and oxygen atoms in total. The lowest BCUT2D eigenvalue weighted by atomic mass is 10.1. The third kappa shape index (κ3) is 4.68. The van der Waals surface area contributed by atoms with E-state index in [2.05, 4.69) is 24.6 Å². The molecule has 0 aliphatic carbocycles. The zero-order valence-corrected chi connectivity index (χ0v) is 17.7. The number of aromatic nitrogens is 3. The van der Waals surface area contributed by atoms with Crippen molar-refractivity contribution >= 4 is 26.7 Å². The SMILES string of the molecule is Cc1nc(OCCNS(=O)(=O)c2cccc3cccnc23)cc(N2CCCCC2)n1. The molecule has 0 atom stereocenters. The predicted molar refractivity (Wildman–Crippen MR) is 115 cm³/mol. The van der Waals surface area contributed by atoms with Gasteiger partial charge in [-0.2, -0.15) is 4.98 Å². The van der Waals surface area contributed by atoms with Crippen LogP contribution in [-0.2, 0) is 10.0 Å². The van der Waals surface area contributed by atoms with Gasteiger partial charge in [0.2, 0.25) is 15.9 Å². The van der Waals surface area contributed by atoms with Crippen molar-refractivity contribution in [3.63, 3.8) is 0 Å². The van der Waals surface area contributed by atoms with Gasteiger partial charge in [0.15, 0.2) is 0 Å². The first kappa shape index (κ1) is 20.5. The molecular formula is C21H25N5O3S. The third-order valence-electron chi connectivity index (χ3n) is 5.01. The van der Waals surface area contributed by atoms with E-state index in [0.717, 1.165) is 37.1 Å². The van der Waals surface area contributed by atoms with Crippen LogP contribution in [0, 0.1) is 6.92 Å². The van der Waals surface area contributed by atoms with Crippen molar-refractivity contribution in [2.75, 3.05) is 31.1 Å². The first-order chi connectivity index (χ1) is 14.5. The number of sulfonamides is 1. The number of piperidine rings is 1. The van der Waals surface area contributed by atoms with E-state index in [1.165, 1.54) is 6.42 Å². The number of hydrogen-bond acceptors (Lipinski definition) is 7. The lowest BCUT2D eigenvalue weighted by Crippen LogP contribution is -2.30. The molecule has 0 bridgehead atoms. The number of nitrogens with zero attached hydrogens (tertiary/aromatic N) is 4. The number of rotatable bonds is 7. The average Bonchev–Trinajstić information content (AvgIpc) is 2.76. The van der Waals surface area contributed by atoms with E-state index in [4.69, 9.17) is 4.74 Å². The molecule has 0 saturated carbocycles. The number of ether oxygens (including phenoxy) is 1. The number of aryl methyl sites for hydroxylation is 1. The van der Waals surface area contributed by atoms with Crippen LogP contribution in [0.3, 0.4) is 0 Å². The second-order valence-corrected chi connectivity index (χ2v) is 8.97. The Kier molecular flexibility index (Phi) is 6.10. The van der Waals surface area contributed by atoms with Gasteiger partial charge in [-0.25, -0.2) is 18.1 Å². The summed E-state index contributed by atoms with van der Waals surface area (Å²) in [6.45, 7) is 4.07. The van der Waals surface area contributed by atoms with Gasteiger partial charge in [-0.15, -0.1) is 0 Å². The van der Waals surface area contributed by atoms with E-state index in [-0.39, 0.29) is 18.0 Å². The summed E-state index contributed by atoms with van der Waals surface area (Å²) >= 11 is 0. The van der Waals surface area contributed by atoms with Crippen LogP contribution < -0.4 is 14.4 Å². The van der Waals surface area contributed by atoms with Crippen molar-refractivity contribution in [3.05, 3.63) is 48.4 Å². The Morgan fingerprint density at radius 3 is 2.73 bits per heavy atom. The maximum absolute atomic E-state index is 12.7. The molecule has 30 heavy (non-hydrogen) atoms. The fourth-order valence-electron chi connectivity index (χ4n) is 3.59. The van der Waals surface area contributed by atoms with E-state index in [1.54, 1.807) is 24.4 Å². The standard InChI is InChI=1S/C21H25N5O3S/c1-16-24-19(26-12-3-2-4-13-26)15-20(25-16)29-14-11-23-30(27,28)18-9-5-7-17-8-6-10-22-21(17)18/h5-10,15,23H,2-4,11-14H2,1H3. The number of nitrogens with one attached hydrogen (secondary N) is 1. The van der Waals surface area contributed by atoms with Crippen LogP contribution in [0.1, 0.15) is 25.1 Å². The molecule has 158 valence electrons. The molecule has 1 saturated heterocycles. The lowest BCUT2D eigenvalue weighted by molar-refractivity contribution is 0.309. The summed E-state index contributed by atoms with van der Waals surface area (Å²) in [6, 6.07) is 10.5. The minimum absolute atomic E-state index is 0.119. The third-order valence-corrected chi connectivity index (χ3v) is 6.50. The highest BCUT2D eigenvalue weighted by molar-refractivity contribution is 7.89. The van der Waals surface area contributed by atoms with E-state index in [9.17, 15) is 8.42 Å². The number of pyridine rings is 1. The Morgan fingerprint density at radius 2 is 1.90 bits per heavy atom. The molecule has 1 aromatic carbocycles. The molecule has 3 aromatic rings. The quantitative estimate of drug-likeness (QED) is 0.579. The molecule has 4 rings (SSSR count). The molecule has 3 heterocycles. The van der Waals surface area contributed by atoms with Gasteiger partial charge in [0.05, 0.1) is 5.52 Å². The highest BCUT2D eigenvalue weighted by Crippen LogP contribution is 2.22. The Hall–Kier alpha value is -2.78. The second kappa shape index (κ2) is 8.93. The van der Waals surface area contributed by atoms with Crippen LogP contribution >= 0.6 is 0 Å². The van der Waals surface area contributed by atoms with Crippen molar-refractivity contribution in [3.8, 4) is 5.88 Å². The van der Waals surface area contributed by atoms with Gasteiger partial charge >= 0.3 is 0 Å². The molecule has 0 amide bonds. The summed E-state index contributed by atoms with van der Waals surface area (Å²) in [7, 11) is -3.71. The normalized spacial score (nSPS) is 14.8. The van der Waals surface area contributed by atoms with Crippen molar-refractivity contribution in [1.29, 1.82) is 0 Å². The monoisotopic (exact) mass is 427 g/mol. The Balaban J connectivity index is 1.39. The highest BCUT2D eigenvalue weighted by Gasteiger charge is 2.18. The van der Waals surface area contributed by atoms with E-state index in [1.807, 2.05) is 25.1 Å². The Labute approximate surface area is 176 Å². The molecule has 1 aliphatic heterocycles. The van der Waals surface area contributed by atoms with Crippen molar-refractivity contribution < 1.29 is 13.2 Å². The van der Waals surface area contributed by atoms with Crippen LogP contribution in [0.4, 0.5) is 5.82 Å². The number of benzene rings is 1. The summed E-state index contributed by atoms with van der Waals surface area (Å²) in [5.41, 5.74) is 0.450. The maximum atomic E-state index is 12.7. The van der Waals surface area contributed by atoms with Gasteiger partial charge in [0, 0.05) is 37.3 Å². The predicted octanol–water partition coefficient (Wildman–Crippen LogP) is 2.68. The maximum Gasteiger partial charge on any atom is 0.242 e. The van der Waals surface area contributed by atoms with Gasteiger partial charge < -0.3 is 9.64 Å². The van der Waals surface area contributed by atoms with E-state index in [0.29, 0.717) is 17.2 Å². The zero-order chi connectivity index (χ0) is 21.0. The fraction of sp³-hybridized carbons (Fsp3) is 0.381. The molecule has 1 fully saturated rings. The van der Waals surface area contributed by atoms with Crippen LogP contribution in [0.15, 0.2) is 47.5 Å². The number of hydrogen-bond donors (Lipinski definition) is 1. The summed E-state index contributed by atoms with van der Waals surface area (Å²) < 4.78 is 33.8. The largest absolute Gasteiger partial charge is 0.476 e. The molecule has 0 spiro atoms. The Bertz CT molecular complexity index is 1130. The molecular weight excluding hydrogens is 402 g/mol.